The number of carbonyl (C=O) groups is 1. The van der Waals surface area contributed by atoms with E-state index in [1.807, 2.05) is 52.0 Å². The number of nitrogens with one attached hydrogen (secondary N) is 1. The molecule has 0 bridgehead atoms. The first kappa shape index (κ1) is 25.6. The fraction of sp³-hybridized carbons (Fsp3) is 0.321. The fourth-order valence-corrected chi connectivity index (χ4v) is 5.81. The third-order valence-corrected chi connectivity index (χ3v) is 7.82. The highest BCUT2D eigenvalue weighted by Crippen LogP contribution is 2.39. The summed E-state index contributed by atoms with van der Waals surface area (Å²) in [5.74, 6) is 0.681. The van der Waals surface area contributed by atoms with Crippen LogP contribution in [-0.2, 0) is 14.8 Å². The van der Waals surface area contributed by atoms with Crippen molar-refractivity contribution >= 4 is 21.6 Å². The van der Waals surface area contributed by atoms with Gasteiger partial charge in [-0.1, -0.05) is 48.0 Å². The van der Waals surface area contributed by atoms with E-state index in [0.29, 0.717) is 30.2 Å². The van der Waals surface area contributed by atoms with Crippen LogP contribution in [0.25, 0.3) is 0 Å². The molecule has 0 saturated carbocycles. The van der Waals surface area contributed by atoms with Crippen molar-refractivity contribution in [2.45, 2.75) is 50.7 Å². The molecule has 0 fully saturated rings. The van der Waals surface area contributed by atoms with E-state index in [1.165, 1.54) is 0 Å². The van der Waals surface area contributed by atoms with Gasteiger partial charge in [0.05, 0.1) is 23.2 Å². The summed E-state index contributed by atoms with van der Waals surface area (Å²) in [5.41, 5.74) is 1.63. The van der Waals surface area contributed by atoms with Crippen LogP contribution in [0.4, 0.5) is 5.69 Å². The van der Waals surface area contributed by atoms with Crippen molar-refractivity contribution in [3.63, 3.8) is 0 Å². The van der Waals surface area contributed by atoms with Crippen LogP contribution < -0.4 is 19.1 Å². The molecule has 1 heterocycles. The summed E-state index contributed by atoms with van der Waals surface area (Å²) in [4.78, 5) is 13.5. The minimum Gasteiger partial charge on any atom is -0.492 e. The maximum Gasteiger partial charge on any atom is 0.264 e. The van der Waals surface area contributed by atoms with Crippen LogP contribution in [0.5, 0.6) is 11.5 Å². The number of fused-ring (bicyclic) bond motifs is 1. The predicted octanol–water partition coefficient (Wildman–Crippen LogP) is 5.01. The van der Waals surface area contributed by atoms with Gasteiger partial charge in [-0.15, -0.1) is 0 Å². The summed E-state index contributed by atoms with van der Waals surface area (Å²) in [6.45, 7) is 7.60. The molecule has 1 N–H and O–H groups in total. The SMILES string of the molecule is CCOc1ccccc1N(CC(=O)NC1CC(C)(C)Oc2ccccc21)S(=O)(=O)c1ccc(C)cc1. The number of anilines is 1. The average molecular weight is 509 g/mol. The van der Waals surface area contributed by atoms with Gasteiger partial charge in [0, 0.05) is 12.0 Å². The Balaban J connectivity index is 1.68. The van der Waals surface area contributed by atoms with Crippen molar-refractivity contribution < 1.29 is 22.7 Å². The van der Waals surface area contributed by atoms with Crippen molar-refractivity contribution in [1.29, 1.82) is 0 Å². The van der Waals surface area contributed by atoms with Gasteiger partial charge in [-0.3, -0.25) is 9.10 Å². The number of benzene rings is 3. The van der Waals surface area contributed by atoms with E-state index in [2.05, 4.69) is 5.32 Å². The van der Waals surface area contributed by atoms with Crippen molar-refractivity contribution in [2.24, 2.45) is 0 Å². The number of para-hydroxylation sites is 3. The summed E-state index contributed by atoms with van der Waals surface area (Å²) in [6, 6.07) is 20.7. The van der Waals surface area contributed by atoms with Crippen LogP contribution in [0.1, 0.15) is 44.4 Å². The first-order chi connectivity index (χ1) is 17.1. The second-order valence-electron chi connectivity index (χ2n) is 9.45. The molecule has 1 amide bonds. The molecule has 1 atom stereocenters. The van der Waals surface area contributed by atoms with E-state index in [1.54, 1.807) is 48.5 Å². The molecule has 0 aromatic heterocycles. The Bertz CT molecular complexity index is 1340. The molecule has 1 aliphatic rings. The lowest BCUT2D eigenvalue weighted by atomic mass is 9.89. The second-order valence-corrected chi connectivity index (χ2v) is 11.3. The smallest absolute Gasteiger partial charge is 0.264 e. The van der Waals surface area contributed by atoms with Crippen LogP contribution >= 0.6 is 0 Å². The van der Waals surface area contributed by atoms with Gasteiger partial charge in [0.15, 0.2) is 0 Å². The highest BCUT2D eigenvalue weighted by molar-refractivity contribution is 7.92. The van der Waals surface area contributed by atoms with Gasteiger partial charge in [0.2, 0.25) is 5.91 Å². The van der Waals surface area contributed by atoms with Gasteiger partial charge in [0.1, 0.15) is 23.6 Å². The lowest BCUT2D eigenvalue weighted by Gasteiger charge is -2.38. The van der Waals surface area contributed by atoms with Crippen molar-refractivity contribution in [1.82, 2.24) is 5.32 Å². The number of hydrogen-bond donors (Lipinski definition) is 1. The Morgan fingerprint density at radius 2 is 1.72 bits per heavy atom. The molecule has 8 heteroatoms. The zero-order valence-corrected chi connectivity index (χ0v) is 21.8. The molecule has 190 valence electrons. The van der Waals surface area contributed by atoms with Gasteiger partial charge < -0.3 is 14.8 Å². The summed E-state index contributed by atoms with van der Waals surface area (Å²) < 4.78 is 40.5. The normalized spacial score (nSPS) is 16.4. The van der Waals surface area contributed by atoms with Gasteiger partial charge in [-0.05, 0) is 58.0 Å². The maximum atomic E-state index is 13.8. The van der Waals surface area contributed by atoms with E-state index in [-0.39, 0.29) is 10.9 Å². The quantitative estimate of drug-likeness (QED) is 0.463. The zero-order valence-electron chi connectivity index (χ0n) is 21.0. The number of amides is 1. The molecule has 7 nitrogen and oxygen atoms in total. The standard InChI is InChI=1S/C28H32N2O5S/c1-5-34-26-13-9-7-11-24(26)30(36(32,33)21-16-14-20(2)15-17-21)19-27(31)29-23-18-28(3,4)35-25-12-8-6-10-22(23)25/h6-17,23H,5,18-19H2,1-4H3,(H,29,31). The van der Waals surface area contributed by atoms with E-state index in [0.717, 1.165) is 15.4 Å². The molecule has 3 aromatic rings. The van der Waals surface area contributed by atoms with Crippen LogP contribution in [0.15, 0.2) is 77.7 Å². The molecular formula is C28H32N2O5S. The number of aryl methyl sites for hydroxylation is 1. The van der Waals surface area contributed by atoms with Crippen molar-refractivity contribution in [3.05, 3.63) is 83.9 Å². The van der Waals surface area contributed by atoms with Crippen LogP contribution in [-0.4, -0.2) is 33.1 Å². The molecule has 3 aromatic carbocycles. The molecule has 0 radical (unpaired) electrons. The van der Waals surface area contributed by atoms with Crippen LogP contribution in [0.3, 0.4) is 0 Å². The highest BCUT2D eigenvalue weighted by atomic mass is 32.2. The van der Waals surface area contributed by atoms with E-state index < -0.39 is 28.1 Å². The molecule has 0 saturated heterocycles. The monoisotopic (exact) mass is 508 g/mol. The molecule has 1 aliphatic heterocycles. The van der Waals surface area contributed by atoms with Crippen LogP contribution in [0.2, 0.25) is 0 Å². The van der Waals surface area contributed by atoms with Crippen molar-refractivity contribution in [2.75, 3.05) is 17.5 Å². The van der Waals surface area contributed by atoms with Gasteiger partial charge >= 0.3 is 0 Å². The lowest BCUT2D eigenvalue weighted by molar-refractivity contribution is -0.120. The van der Waals surface area contributed by atoms with E-state index in [9.17, 15) is 13.2 Å². The number of ether oxygens (including phenoxy) is 2. The van der Waals surface area contributed by atoms with Gasteiger partial charge in [0.25, 0.3) is 10.0 Å². The lowest BCUT2D eigenvalue weighted by Crippen LogP contribution is -2.45. The van der Waals surface area contributed by atoms with Gasteiger partial charge in [-0.2, -0.15) is 0 Å². The van der Waals surface area contributed by atoms with E-state index >= 15 is 0 Å². The average Bonchev–Trinajstić information content (AvgIpc) is 2.83. The third kappa shape index (κ3) is 5.49. The third-order valence-electron chi connectivity index (χ3n) is 6.04. The number of nitrogens with zero attached hydrogens (tertiary/aromatic N) is 1. The minimum atomic E-state index is -4.06. The first-order valence-electron chi connectivity index (χ1n) is 12.0. The summed E-state index contributed by atoms with van der Waals surface area (Å²) in [6.07, 6.45) is 0.552. The van der Waals surface area contributed by atoms with Gasteiger partial charge in [-0.25, -0.2) is 8.42 Å². The number of carbonyl (C=O) groups excluding carboxylic acids is 1. The minimum absolute atomic E-state index is 0.102. The fourth-order valence-electron chi connectivity index (χ4n) is 4.38. The Labute approximate surface area is 213 Å². The maximum absolute atomic E-state index is 13.8. The highest BCUT2D eigenvalue weighted by Gasteiger charge is 2.36. The number of sulfonamides is 1. The largest absolute Gasteiger partial charge is 0.492 e. The first-order valence-corrected chi connectivity index (χ1v) is 13.4. The molecule has 0 aliphatic carbocycles. The molecule has 0 spiro atoms. The van der Waals surface area contributed by atoms with E-state index in [4.69, 9.17) is 9.47 Å². The topological polar surface area (TPSA) is 84.9 Å². The molecule has 4 rings (SSSR count). The Hall–Kier alpha value is -3.52. The Morgan fingerprint density at radius 1 is 1.06 bits per heavy atom. The zero-order chi connectivity index (χ0) is 25.9. The Kier molecular flexibility index (Phi) is 7.26. The molecule has 1 unspecified atom stereocenters. The second kappa shape index (κ2) is 10.2. The Morgan fingerprint density at radius 3 is 2.44 bits per heavy atom. The summed E-state index contributed by atoms with van der Waals surface area (Å²) in [5, 5.41) is 3.05. The van der Waals surface area contributed by atoms with Crippen molar-refractivity contribution in [3.8, 4) is 11.5 Å². The predicted molar refractivity (Wildman–Crippen MR) is 140 cm³/mol. The van der Waals surface area contributed by atoms with Crippen LogP contribution in [0, 0.1) is 6.92 Å². The number of hydrogen-bond acceptors (Lipinski definition) is 5. The summed E-state index contributed by atoms with van der Waals surface area (Å²) in [7, 11) is -4.06. The molecule has 36 heavy (non-hydrogen) atoms. The molecular weight excluding hydrogens is 476 g/mol. The number of rotatable bonds is 8. The summed E-state index contributed by atoms with van der Waals surface area (Å²) >= 11 is 0.